The van der Waals surface area contributed by atoms with Crippen LogP contribution in [0.25, 0.3) is 5.57 Å². The van der Waals surface area contributed by atoms with Gasteiger partial charge in [-0.15, -0.1) is 0 Å². The summed E-state index contributed by atoms with van der Waals surface area (Å²) in [6.45, 7) is 8.64. The summed E-state index contributed by atoms with van der Waals surface area (Å²) in [6, 6.07) is 10.4. The van der Waals surface area contributed by atoms with Gasteiger partial charge in [0.1, 0.15) is 11.7 Å². The van der Waals surface area contributed by atoms with Crippen molar-refractivity contribution in [1.29, 1.82) is 0 Å². The molecule has 0 radical (unpaired) electrons. The minimum Gasteiger partial charge on any atom is -0.489 e. The number of ether oxygens (including phenoxy) is 1. The first-order valence-electron chi connectivity index (χ1n) is 14.2. The van der Waals surface area contributed by atoms with Crippen molar-refractivity contribution in [3.05, 3.63) is 82.7 Å². The van der Waals surface area contributed by atoms with Crippen molar-refractivity contribution >= 4 is 28.8 Å². The number of hydrogen-bond acceptors (Lipinski definition) is 5. The highest BCUT2D eigenvalue weighted by atomic mass is 19.2. The van der Waals surface area contributed by atoms with Gasteiger partial charge in [0.2, 0.25) is 11.7 Å². The molecule has 1 fully saturated rings. The van der Waals surface area contributed by atoms with Crippen molar-refractivity contribution in [3.8, 4) is 5.75 Å². The van der Waals surface area contributed by atoms with Crippen molar-refractivity contribution in [2.24, 2.45) is 10.4 Å². The van der Waals surface area contributed by atoms with Gasteiger partial charge in [0.05, 0.1) is 13.2 Å². The fourth-order valence-electron chi connectivity index (χ4n) is 6.24. The first-order valence-corrected chi connectivity index (χ1v) is 14.2. The van der Waals surface area contributed by atoms with E-state index in [2.05, 4.69) is 27.6 Å². The number of hydrogen-bond donors (Lipinski definition) is 2. The highest BCUT2D eigenvalue weighted by Gasteiger charge is 2.58. The van der Waals surface area contributed by atoms with Crippen LogP contribution < -0.4 is 15.4 Å². The maximum Gasteiger partial charge on any atom is 0.270 e. The van der Waals surface area contributed by atoms with E-state index in [1.54, 1.807) is 10.7 Å². The number of nitrogens with one attached hydrogen (secondary N) is 2. The minimum absolute atomic E-state index is 0.0884. The molecule has 3 aromatic rings. The van der Waals surface area contributed by atoms with E-state index in [0.29, 0.717) is 23.5 Å². The van der Waals surface area contributed by atoms with E-state index in [4.69, 9.17) is 4.74 Å². The number of anilines is 1. The molecule has 10 heteroatoms. The fraction of sp³-hybridized carbons (Fsp3) is 0.375. The number of fused-ring (bicyclic) bond motifs is 1. The number of aromatic nitrogens is 2. The van der Waals surface area contributed by atoms with Gasteiger partial charge in [-0.05, 0) is 75.9 Å². The second-order valence-corrected chi connectivity index (χ2v) is 11.7. The van der Waals surface area contributed by atoms with Gasteiger partial charge < -0.3 is 15.4 Å². The van der Waals surface area contributed by atoms with Gasteiger partial charge >= 0.3 is 0 Å². The average molecular weight is 574 g/mol. The Hall–Kier alpha value is -4.34. The molecule has 1 unspecified atom stereocenters. The maximum absolute atomic E-state index is 14.9. The zero-order valence-electron chi connectivity index (χ0n) is 24.0. The summed E-state index contributed by atoms with van der Waals surface area (Å²) >= 11 is 0. The van der Waals surface area contributed by atoms with Crippen LogP contribution in [0.2, 0.25) is 0 Å². The topological polar surface area (TPSA) is 97.6 Å². The van der Waals surface area contributed by atoms with E-state index >= 15 is 0 Å². The van der Waals surface area contributed by atoms with Crippen LogP contribution in [0.1, 0.15) is 74.1 Å². The molecular formula is C32H33F2N5O3. The van der Waals surface area contributed by atoms with E-state index in [-0.39, 0.29) is 18.4 Å². The van der Waals surface area contributed by atoms with Crippen molar-refractivity contribution in [2.75, 3.05) is 18.5 Å². The molecule has 2 amide bonds. The van der Waals surface area contributed by atoms with Gasteiger partial charge in [-0.1, -0.05) is 18.2 Å². The standard InChI is InChI=1S/C32H33F2N5O3/c1-17(2)39-24(11-14-36-39)30(40)38-28(26-22-9-10-23(33)27(34)29(22)42-16-32(26)12-13-32)31(41)37-21-7-5-20(6-8-21)25-18(3)15-35-19(25)4/h5-11,14,17,26,28H,12-13,15-16H2,1-4H3,(H,37,41)(H,38,40)/t26?,28-/m0/s1. The molecule has 1 spiro atoms. The predicted molar refractivity (Wildman–Crippen MR) is 156 cm³/mol. The summed E-state index contributed by atoms with van der Waals surface area (Å²) in [4.78, 5) is 32.2. The third kappa shape index (κ3) is 4.78. The van der Waals surface area contributed by atoms with Gasteiger partial charge in [-0.25, -0.2) is 4.39 Å². The molecule has 1 saturated carbocycles. The molecule has 3 aliphatic rings. The second kappa shape index (κ2) is 10.5. The lowest BCUT2D eigenvalue weighted by Crippen LogP contribution is -2.52. The van der Waals surface area contributed by atoms with Crippen LogP contribution >= 0.6 is 0 Å². The molecule has 1 aliphatic carbocycles. The lowest BCUT2D eigenvalue weighted by atomic mass is 9.75. The number of rotatable bonds is 7. The Labute approximate surface area is 242 Å². The maximum atomic E-state index is 14.9. The van der Waals surface area contributed by atoms with Crippen LogP contribution in [-0.2, 0) is 4.79 Å². The van der Waals surface area contributed by atoms with E-state index in [0.717, 1.165) is 35.8 Å². The molecule has 1 aromatic heterocycles. The molecule has 0 bridgehead atoms. The molecule has 2 aliphatic heterocycles. The number of benzene rings is 2. The molecule has 2 N–H and O–H groups in total. The SMILES string of the molecule is CC1=NCC(C)=C1c1ccc(NC(=O)[C@@H](NC(=O)c2ccnn2C(C)C)C2c3ccc(F)c(F)c3OCC23CC3)cc1. The van der Waals surface area contributed by atoms with Crippen LogP contribution in [0.3, 0.4) is 0 Å². The number of aliphatic imine (C=N–C) groups is 1. The summed E-state index contributed by atoms with van der Waals surface area (Å²) < 4.78 is 36.3. The largest absolute Gasteiger partial charge is 0.489 e. The van der Waals surface area contributed by atoms with Crippen molar-refractivity contribution in [1.82, 2.24) is 15.1 Å². The number of nitrogens with zero attached hydrogens (tertiary/aromatic N) is 3. The van der Waals surface area contributed by atoms with Crippen LogP contribution in [0.5, 0.6) is 5.75 Å². The summed E-state index contributed by atoms with van der Waals surface area (Å²) in [5.74, 6) is -3.92. The Bertz CT molecular complexity index is 1640. The van der Waals surface area contributed by atoms with Crippen LogP contribution in [0, 0.1) is 17.0 Å². The molecule has 0 saturated heterocycles. The summed E-state index contributed by atoms with van der Waals surface area (Å²) in [6.07, 6.45) is 2.98. The fourth-order valence-corrected chi connectivity index (χ4v) is 6.24. The molecule has 3 heterocycles. The van der Waals surface area contributed by atoms with Crippen LogP contribution in [0.4, 0.5) is 14.5 Å². The molecule has 2 aromatic carbocycles. The van der Waals surface area contributed by atoms with Gasteiger partial charge in [0.15, 0.2) is 11.6 Å². The Balaban J connectivity index is 1.35. The van der Waals surface area contributed by atoms with Gasteiger partial charge in [-0.2, -0.15) is 9.49 Å². The number of amides is 2. The molecule has 8 nitrogen and oxygen atoms in total. The lowest BCUT2D eigenvalue weighted by Gasteiger charge is -2.38. The lowest BCUT2D eigenvalue weighted by molar-refractivity contribution is -0.119. The molecule has 6 rings (SSSR count). The van der Waals surface area contributed by atoms with E-state index < -0.39 is 40.8 Å². The minimum atomic E-state index is -1.10. The summed E-state index contributed by atoms with van der Waals surface area (Å²) in [5.41, 5.74) is 4.98. The molecule has 218 valence electrons. The highest BCUT2D eigenvalue weighted by Crippen LogP contribution is 2.61. The Kier molecular flexibility index (Phi) is 6.95. The quantitative estimate of drug-likeness (QED) is 0.380. The van der Waals surface area contributed by atoms with Gasteiger partial charge in [0.25, 0.3) is 5.91 Å². The Morgan fingerprint density at radius 2 is 1.81 bits per heavy atom. The number of carbonyl (C=O) groups is 2. The third-order valence-electron chi connectivity index (χ3n) is 8.55. The molecule has 2 atom stereocenters. The zero-order valence-corrected chi connectivity index (χ0v) is 24.0. The monoisotopic (exact) mass is 573 g/mol. The van der Waals surface area contributed by atoms with Gasteiger partial charge in [-0.3, -0.25) is 19.3 Å². The van der Waals surface area contributed by atoms with Crippen LogP contribution in [0.15, 0.2) is 59.2 Å². The van der Waals surface area contributed by atoms with Crippen molar-refractivity contribution in [3.63, 3.8) is 0 Å². The van der Waals surface area contributed by atoms with Gasteiger partial charge in [0, 0.05) is 46.1 Å². The summed E-state index contributed by atoms with van der Waals surface area (Å²) in [7, 11) is 0. The van der Waals surface area contributed by atoms with Crippen LogP contribution in [-0.4, -0.2) is 46.5 Å². The third-order valence-corrected chi connectivity index (χ3v) is 8.55. The number of allylic oxidation sites excluding steroid dienone is 1. The molecule has 42 heavy (non-hydrogen) atoms. The Morgan fingerprint density at radius 3 is 2.45 bits per heavy atom. The smallest absolute Gasteiger partial charge is 0.270 e. The van der Waals surface area contributed by atoms with Crippen molar-refractivity contribution < 1.29 is 23.1 Å². The van der Waals surface area contributed by atoms with E-state index in [1.807, 2.05) is 45.0 Å². The predicted octanol–water partition coefficient (Wildman–Crippen LogP) is 5.68. The summed E-state index contributed by atoms with van der Waals surface area (Å²) in [5, 5.41) is 10.1. The number of halogens is 2. The first kappa shape index (κ1) is 27.8. The normalized spacial score (nSPS) is 19.3. The molecular weight excluding hydrogens is 540 g/mol. The average Bonchev–Trinajstić information content (AvgIpc) is 3.39. The Morgan fingerprint density at radius 1 is 1.07 bits per heavy atom. The zero-order chi connectivity index (χ0) is 29.8. The van der Waals surface area contributed by atoms with E-state index in [9.17, 15) is 18.4 Å². The van der Waals surface area contributed by atoms with E-state index in [1.165, 1.54) is 17.8 Å². The second-order valence-electron chi connectivity index (χ2n) is 11.7. The first-order chi connectivity index (χ1) is 20.1. The highest BCUT2D eigenvalue weighted by molar-refractivity contribution is 6.25. The van der Waals surface area contributed by atoms with Crippen molar-refractivity contribution in [2.45, 2.75) is 58.5 Å². The number of carbonyl (C=O) groups excluding carboxylic acids is 2.